The Balaban J connectivity index is 1.96. The van der Waals surface area contributed by atoms with Gasteiger partial charge in [0, 0.05) is 26.2 Å². The van der Waals surface area contributed by atoms with E-state index in [1.165, 1.54) is 4.31 Å². The van der Waals surface area contributed by atoms with Gasteiger partial charge < -0.3 is 14.8 Å². The molecule has 1 aromatic rings. The SMILES string of the molecule is COc1ccc(S(=O)(=O)N2CCC[C@H](C(=O)NCCCOC(C)C)C2)cc1C. The zero-order valence-electron chi connectivity index (χ0n) is 17.2. The Morgan fingerprint density at radius 3 is 2.75 bits per heavy atom. The van der Waals surface area contributed by atoms with E-state index in [9.17, 15) is 13.2 Å². The van der Waals surface area contributed by atoms with Gasteiger partial charge in [-0.3, -0.25) is 4.79 Å². The first-order chi connectivity index (χ1) is 13.3. The first kappa shape index (κ1) is 22.6. The summed E-state index contributed by atoms with van der Waals surface area (Å²) in [5.74, 6) is 0.237. The molecule has 0 bridgehead atoms. The van der Waals surface area contributed by atoms with Gasteiger partial charge in [0.25, 0.3) is 0 Å². The van der Waals surface area contributed by atoms with Gasteiger partial charge in [0.1, 0.15) is 5.75 Å². The van der Waals surface area contributed by atoms with Gasteiger partial charge in [0.2, 0.25) is 15.9 Å². The van der Waals surface area contributed by atoms with Crippen LogP contribution >= 0.6 is 0 Å². The average molecular weight is 413 g/mol. The lowest BCUT2D eigenvalue weighted by atomic mass is 9.99. The Morgan fingerprint density at radius 2 is 2.11 bits per heavy atom. The molecule has 0 aliphatic carbocycles. The number of amides is 1. The average Bonchev–Trinajstić information content (AvgIpc) is 2.67. The van der Waals surface area contributed by atoms with Crippen molar-refractivity contribution in [3.8, 4) is 5.75 Å². The monoisotopic (exact) mass is 412 g/mol. The van der Waals surface area contributed by atoms with E-state index in [4.69, 9.17) is 9.47 Å². The summed E-state index contributed by atoms with van der Waals surface area (Å²) in [6.07, 6.45) is 2.28. The molecule has 158 valence electrons. The molecule has 7 nitrogen and oxygen atoms in total. The zero-order chi connectivity index (χ0) is 20.7. The fraction of sp³-hybridized carbons (Fsp3) is 0.650. The van der Waals surface area contributed by atoms with E-state index >= 15 is 0 Å². The van der Waals surface area contributed by atoms with Crippen LogP contribution in [0, 0.1) is 12.8 Å². The van der Waals surface area contributed by atoms with Crippen LogP contribution < -0.4 is 10.1 Å². The molecule has 0 unspecified atom stereocenters. The van der Waals surface area contributed by atoms with Crippen molar-refractivity contribution in [1.29, 1.82) is 0 Å². The van der Waals surface area contributed by atoms with Crippen molar-refractivity contribution in [2.45, 2.75) is 51.0 Å². The van der Waals surface area contributed by atoms with Crippen LogP contribution in [0.5, 0.6) is 5.75 Å². The van der Waals surface area contributed by atoms with Crippen molar-refractivity contribution >= 4 is 15.9 Å². The number of methoxy groups -OCH3 is 1. The zero-order valence-corrected chi connectivity index (χ0v) is 18.0. The van der Waals surface area contributed by atoms with Crippen molar-refractivity contribution < 1.29 is 22.7 Å². The van der Waals surface area contributed by atoms with E-state index in [1.807, 2.05) is 20.8 Å². The smallest absolute Gasteiger partial charge is 0.243 e. The maximum absolute atomic E-state index is 13.0. The predicted octanol–water partition coefficient (Wildman–Crippen LogP) is 2.34. The summed E-state index contributed by atoms with van der Waals surface area (Å²) in [5, 5.41) is 2.91. The van der Waals surface area contributed by atoms with Crippen LogP contribution in [0.1, 0.15) is 38.7 Å². The Hall–Kier alpha value is -1.64. The van der Waals surface area contributed by atoms with Gasteiger partial charge in [-0.25, -0.2) is 8.42 Å². The van der Waals surface area contributed by atoms with Crippen molar-refractivity contribution in [3.63, 3.8) is 0 Å². The molecule has 1 aliphatic heterocycles. The highest BCUT2D eigenvalue weighted by molar-refractivity contribution is 7.89. The number of benzene rings is 1. The third-order valence-electron chi connectivity index (χ3n) is 4.83. The van der Waals surface area contributed by atoms with Crippen LogP contribution in [0.4, 0.5) is 0 Å². The molecule has 1 amide bonds. The van der Waals surface area contributed by atoms with Crippen LogP contribution in [0.25, 0.3) is 0 Å². The summed E-state index contributed by atoms with van der Waals surface area (Å²) in [5.41, 5.74) is 0.762. The largest absolute Gasteiger partial charge is 0.496 e. The lowest BCUT2D eigenvalue weighted by Gasteiger charge is -2.31. The number of carbonyl (C=O) groups is 1. The van der Waals surface area contributed by atoms with Crippen LogP contribution in [0.3, 0.4) is 0 Å². The molecule has 2 rings (SSSR count). The molecule has 1 fully saturated rings. The Morgan fingerprint density at radius 1 is 1.36 bits per heavy atom. The van der Waals surface area contributed by atoms with E-state index in [-0.39, 0.29) is 29.4 Å². The number of carbonyl (C=O) groups excluding carboxylic acids is 1. The van der Waals surface area contributed by atoms with Crippen molar-refractivity contribution in [2.24, 2.45) is 5.92 Å². The minimum absolute atomic E-state index is 0.0876. The maximum atomic E-state index is 13.0. The Labute approximate surface area is 168 Å². The fourth-order valence-electron chi connectivity index (χ4n) is 3.28. The number of rotatable bonds is 9. The second kappa shape index (κ2) is 10.2. The number of hydrogen-bond acceptors (Lipinski definition) is 5. The van der Waals surface area contributed by atoms with Gasteiger partial charge in [0.05, 0.1) is 24.0 Å². The molecule has 1 aromatic carbocycles. The molecule has 0 spiro atoms. The molecular weight excluding hydrogens is 380 g/mol. The molecule has 1 saturated heterocycles. The molecule has 1 aliphatic rings. The molecule has 0 saturated carbocycles. The summed E-state index contributed by atoms with van der Waals surface area (Å²) in [7, 11) is -2.08. The number of aryl methyl sites for hydroxylation is 1. The summed E-state index contributed by atoms with van der Waals surface area (Å²) >= 11 is 0. The molecule has 28 heavy (non-hydrogen) atoms. The van der Waals surface area contributed by atoms with Gasteiger partial charge in [-0.15, -0.1) is 0 Å². The summed E-state index contributed by atoms with van der Waals surface area (Å²) in [6, 6.07) is 4.84. The summed E-state index contributed by atoms with van der Waals surface area (Å²) in [6.45, 7) is 7.53. The second-order valence-electron chi connectivity index (χ2n) is 7.40. The highest BCUT2D eigenvalue weighted by atomic mass is 32.2. The third-order valence-corrected chi connectivity index (χ3v) is 6.69. The highest BCUT2D eigenvalue weighted by Gasteiger charge is 2.33. The quantitative estimate of drug-likeness (QED) is 0.629. The van der Waals surface area contributed by atoms with E-state index in [0.29, 0.717) is 38.3 Å². The second-order valence-corrected chi connectivity index (χ2v) is 9.34. The number of nitrogens with zero attached hydrogens (tertiary/aromatic N) is 1. The van der Waals surface area contributed by atoms with Crippen molar-refractivity contribution in [3.05, 3.63) is 23.8 Å². The predicted molar refractivity (Wildman–Crippen MR) is 108 cm³/mol. The van der Waals surface area contributed by atoms with Crippen molar-refractivity contribution in [1.82, 2.24) is 9.62 Å². The highest BCUT2D eigenvalue weighted by Crippen LogP contribution is 2.27. The molecule has 1 N–H and O–H groups in total. The van der Waals surface area contributed by atoms with Gasteiger partial charge in [-0.2, -0.15) is 4.31 Å². The number of hydrogen-bond donors (Lipinski definition) is 1. The molecule has 0 aromatic heterocycles. The van der Waals surface area contributed by atoms with Gasteiger partial charge in [-0.1, -0.05) is 0 Å². The number of sulfonamides is 1. The van der Waals surface area contributed by atoms with Gasteiger partial charge in [0.15, 0.2) is 0 Å². The molecule has 1 heterocycles. The summed E-state index contributed by atoms with van der Waals surface area (Å²) < 4.78 is 38.1. The van der Waals surface area contributed by atoms with E-state index < -0.39 is 10.0 Å². The van der Waals surface area contributed by atoms with Gasteiger partial charge >= 0.3 is 0 Å². The topological polar surface area (TPSA) is 84.9 Å². The van der Waals surface area contributed by atoms with Crippen LogP contribution in [0.2, 0.25) is 0 Å². The molecular formula is C20H32N2O5S. The van der Waals surface area contributed by atoms with Crippen LogP contribution in [0.15, 0.2) is 23.1 Å². The lowest BCUT2D eigenvalue weighted by molar-refractivity contribution is -0.126. The third kappa shape index (κ3) is 5.93. The lowest BCUT2D eigenvalue weighted by Crippen LogP contribution is -2.45. The van der Waals surface area contributed by atoms with Gasteiger partial charge in [-0.05, 0) is 63.8 Å². The maximum Gasteiger partial charge on any atom is 0.243 e. The summed E-state index contributed by atoms with van der Waals surface area (Å²) in [4.78, 5) is 12.7. The number of piperidine rings is 1. The Kier molecular flexibility index (Phi) is 8.27. The van der Waals surface area contributed by atoms with E-state index in [1.54, 1.807) is 25.3 Å². The molecule has 8 heteroatoms. The standard InChI is InChI=1S/C20H32N2O5S/c1-15(2)27-12-6-10-21-20(23)17-7-5-11-22(14-17)28(24,25)18-8-9-19(26-4)16(3)13-18/h8-9,13,15,17H,5-7,10-12,14H2,1-4H3,(H,21,23)/t17-/m0/s1. The fourth-order valence-corrected chi connectivity index (χ4v) is 4.89. The van der Waals surface area contributed by atoms with Crippen LogP contribution in [-0.4, -0.2) is 58.1 Å². The Bertz CT molecular complexity index is 764. The first-order valence-corrected chi connectivity index (χ1v) is 11.2. The normalized spacial score (nSPS) is 18.2. The van der Waals surface area contributed by atoms with Crippen molar-refractivity contribution in [2.75, 3.05) is 33.4 Å². The van der Waals surface area contributed by atoms with E-state index in [0.717, 1.165) is 12.0 Å². The molecule has 1 atom stereocenters. The minimum Gasteiger partial charge on any atom is -0.496 e. The molecule has 0 radical (unpaired) electrons. The van der Waals surface area contributed by atoms with Crippen LogP contribution in [-0.2, 0) is 19.6 Å². The number of ether oxygens (including phenoxy) is 2. The number of nitrogens with one attached hydrogen (secondary N) is 1. The minimum atomic E-state index is -3.64. The first-order valence-electron chi connectivity index (χ1n) is 9.79. The van der Waals surface area contributed by atoms with E-state index in [2.05, 4.69) is 5.32 Å².